The second-order valence-corrected chi connectivity index (χ2v) is 7.09. The molecule has 2 N–H and O–H groups in total. The summed E-state index contributed by atoms with van der Waals surface area (Å²) in [5.41, 5.74) is 9.96. The number of hydrogen-bond donors (Lipinski definition) is 1. The van der Waals surface area contributed by atoms with Crippen molar-refractivity contribution in [1.82, 2.24) is 0 Å². The molecule has 2 rings (SSSR count). The standard InChI is InChI=1S/C16H18BrNO2S/c1-8(2)12-13(18)15(16(19)20-4)21-14(12)10-7-9(3)5-6-11(10)17/h5-8H,18H2,1-4H3. The predicted molar refractivity (Wildman–Crippen MR) is 92.0 cm³/mol. The van der Waals surface area contributed by atoms with E-state index in [2.05, 4.69) is 35.8 Å². The predicted octanol–water partition coefficient (Wildman–Crippen LogP) is 4.98. The number of halogens is 1. The number of anilines is 1. The first-order valence-corrected chi connectivity index (χ1v) is 8.24. The van der Waals surface area contributed by atoms with E-state index in [1.165, 1.54) is 18.4 Å². The lowest BCUT2D eigenvalue weighted by Crippen LogP contribution is -2.03. The lowest BCUT2D eigenvalue weighted by molar-refractivity contribution is 0.0607. The molecule has 5 heteroatoms. The maximum atomic E-state index is 11.9. The number of thiophene rings is 1. The highest BCUT2D eigenvalue weighted by atomic mass is 79.9. The number of carbonyl (C=O) groups excluding carboxylic acids is 1. The number of nitrogen functional groups attached to an aromatic ring is 1. The molecule has 0 saturated heterocycles. The molecule has 0 bridgehead atoms. The minimum Gasteiger partial charge on any atom is -0.465 e. The average Bonchev–Trinajstić information content (AvgIpc) is 2.78. The summed E-state index contributed by atoms with van der Waals surface area (Å²) < 4.78 is 5.83. The van der Waals surface area contributed by atoms with Crippen molar-refractivity contribution in [2.75, 3.05) is 12.8 Å². The average molecular weight is 368 g/mol. The van der Waals surface area contributed by atoms with Crippen molar-refractivity contribution in [2.45, 2.75) is 26.7 Å². The summed E-state index contributed by atoms with van der Waals surface area (Å²) in [5.74, 6) is -0.156. The highest BCUT2D eigenvalue weighted by molar-refractivity contribution is 9.10. The summed E-state index contributed by atoms with van der Waals surface area (Å²) in [7, 11) is 1.37. The van der Waals surface area contributed by atoms with Gasteiger partial charge in [0.1, 0.15) is 4.88 Å². The molecule has 112 valence electrons. The Kier molecular flexibility index (Phi) is 4.74. The van der Waals surface area contributed by atoms with Crippen LogP contribution in [0.4, 0.5) is 5.69 Å². The topological polar surface area (TPSA) is 52.3 Å². The van der Waals surface area contributed by atoms with Gasteiger partial charge in [0.2, 0.25) is 0 Å². The first kappa shape index (κ1) is 16.0. The number of hydrogen-bond acceptors (Lipinski definition) is 4. The Bertz CT molecular complexity index is 692. The molecule has 1 aromatic heterocycles. The molecule has 3 nitrogen and oxygen atoms in total. The van der Waals surface area contributed by atoms with Crippen molar-refractivity contribution >= 4 is 38.9 Å². The van der Waals surface area contributed by atoms with Gasteiger partial charge in [-0.1, -0.05) is 41.4 Å². The first-order chi connectivity index (χ1) is 9.86. The van der Waals surface area contributed by atoms with Gasteiger partial charge in [0.25, 0.3) is 0 Å². The summed E-state index contributed by atoms with van der Waals surface area (Å²) in [5, 5.41) is 0. The summed E-state index contributed by atoms with van der Waals surface area (Å²) in [6.45, 7) is 6.20. The molecule has 2 aromatic rings. The number of methoxy groups -OCH3 is 1. The molecule has 0 radical (unpaired) electrons. The van der Waals surface area contributed by atoms with Crippen LogP contribution in [-0.4, -0.2) is 13.1 Å². The van der Waals surface area contributed by atoms with E-state index in [9.17, 15) is 4.79 Å². The van der Waals surface area contributed by atoms with Gasteiger partial charge in [-0.15, -0.1) is 11.3 Å². The van der Waals surface area contributed by atoms with Crippen LogP contribution in [0.5, 0.6) is 0 Å². The van der Waals surface area contributed by atoms with Gasteiger partial charge in [-0.25, -0.2) is 4.79 Å². The highest BCUT2D eigenvalue weighted by Gasteiger charge is 2.24. The molecule has 0 fully saturated rings. The Labute approximate surface area is 137 Å². The van der Waals surface area contributed by atoms with Crippen LogP contribution < -0.4 is 5.73 Å². The zero-order valence-corrected chi connectivity index (χ0v) is 14.9. The number of aryl methyl sites for hydroxylation is 1. The Morgan fingerprint density at radius 2 is 2.05 bits per heavy atom. The molecule has 0 saturated carbocycles. The zero-order chi connectivity index (χ0) is 15.7. The molecule has 21 heavy (non-hydrogen) atoms. The van der Waals surface area contributed by atoms with E-state index in [1.54, 1.807) is 0 Å². The summed E-state index contributed by atoms with van der Waals surface area (Å²) >= 11 is 4.98. The molecule has 0 aliphatic heterocycles. The van der Waals surface area contributed by atoms with E-state index in [4.69, 9.17) is 10.5 Å². The fourth-order valence-electron chi connectivity index (χ4n) is 2.29. The molecular weight excluding hydrogens is 350 g/mol. The fourth-order valence-corrected chi connectivity index (χ4v) is 4.19. The maximum Gasteiger partial charge on any atom is 0.350 e. The maximum absolute atomic E-state index is 11.9. The molecule has 0 aliphatic rings. The van der Waals surface area contributed by atoms with Crippen LogP contribution >= 0.6 is 27.3 Å². The third kappa shape index (κ3) is 2.99. The molecular formula is C16H18BrNO2S. The van der Waals surface area contributed by atoms with Crippen LogP contribution in [0.2, 0.25) is 0 Å². The van der Waals surface area contributed by atoms with E-state index < -0.39 is 0 Å². The van der Waals surface area contributed by atoms with Crippen molar-refractivity contribution < 1.29 is 9.53 Å². The van der Waals surface area contributed by atoms with E-state index in [1.807, 2.05) is 19.1 Å². The zero-order valence-electron chi connectivity index (χ0n) is 12.5. The van der Waals surface area contributed by atoms with Gasteiger partial charge in [0.15, 0.2) is 0 Å². The first-order valence-electron chi connectivity index (χ1n) is 6.63. The molecule has 0 unspecified atom stereocenters. The Morgan fingerprint density at radius 1 is 1.38 bits per heavy atom. The van der Waals surface area contributed by atoms with Gasteiger partial charge < -0.3 is 10.5 Å². The molecule has 1 heterocycles. The monoisotopic (exact) mass is 367 g/mol. The van der Waals surface area contributed by atoms with Crippen LogP contribution in [0.3, 0.4) is 0 Å². The van der Waals surface area contributed by atoms with Gasteiger partial charge in [-0.05, 0) is 30.5 Å². The van der Waals surface area contributed by atoms with Crippen molar-refractivity contribution in [1.29, 1.82) is 0 Å². The van der Waals surface area contributed by atoms with Crippen molar-refractivity contribution in [3.8, 4) is 10.4 Å². The number of rotatable bonds is 3. The Balaban J connectivity index is 2.73. The Hall–Kier alpha value is -1.33. The quantitative estimate of drug-likeness (QED) is 0.778. The summed E-state index contributed by atoms with van der Waals surface area (Å²) in [6, 6.07) is 6.16. The largest absolute Gasteiger partial charge is 0.465 e. The van der Waals surface area contributed by atoms with Crippen LogP contribution in [0.25, 0.3) is 10.4 Å². The third-order valence-corrected chi connectivity index (χ3v) is 5.22. The fraction of sp³-hybridized carbons (Fsp3) is 0.312. The number of benzene rings is 1. The van der Waals surface area contributed by atoms with Crippen molar-refractivity contribution in [3.05, 3.63) is 38.7 Å². The second-order valence-electron chi connectivity index (χ2n) is 5.22. The van der Waals surface area contributed by atoms with Crippen LogP contribution in [0.1, 0.15) is 40.6 Å². The molecule has 0 atom stereocenters. The van der Waals surface area contributed by atoms with Crippen molar-refractivity contribution in [3.63, 3.8) is 0 Å². The van der Waals surface area contributed by atoms with Gasteiger partial charge in [-0.3, -0.25) is 0 Å². The summed E-state index contributed by atoms with van der Waals surface area (Å²) in [6.07, 6.45) is 0. The lowest BCUT2D eigenvalue weighted by atomic mass is 9.97. The Morgan fingerprint density at radius 3 is 2.62 bits per heavy atom. The second kappa shape index (κ2) is 6.20. The van der Waals surface area contributed by atoms with Gasteiger partial charge in [0.05, 0.1) is 12.8 Å². The third-order valence-electron chi connectivity index (χ3n) is 3.30. The minimum atomic E-state index is -0.380. The van der Waals surface area contributed by atoms with E-state index >= 15 is 0 Å². The van der Waals surface area contributed by atoms with E-state index in [0.29, 0.717) is 10.6 Å². The highest BCUT2D eigenvalue weighted by Crippen LogP contribution is 2.45. The van der Waals surface area contributed by atoms with Crippen LogP contribution in [0.15, 0.2) is 22.7 Å². The minimum absolute atomic E-state index is 0.224. The number of esters is 1. The van der Waals surface area contributed by atoms with E-state index in [0.717, 1.165) is 26.0 Å². The molecule has 0 aliphatic carbocycles. The van der Waals surface area contributed by atoms with Crippen molar-refractivity contribution in [2.24, 2.45) is 0 Å². The number of nitrogens with two attached hydrogens (primary N) is 1. The van der Waals surface area contributed by atoms with Gasteiger partial charge in [0, 0.05) is 14.9 Å². The summed E-state index contributed by atoms with van der Waals surface area (Å²) in [4.78, 5) is 13.4. The SMILES string of the molecule is COC(=O)c1sc(-c2cc(C)ccc2Br)c(C(C)C)c1N. The lowest BCUT2D eigenvalue weighted by Gasteiger charge is -2.11. The number of ether oxygens (including phenoxy) is 1. The van der Waals surface area contributed by atoms with Gasteiger partial charge in [-0.2, -0.15) is 0 Å². The molecule has 1 aromatic carbocycles. The van der Waals surface area contributed by atoms with Crippen LogP contribution in [-0.2, 0) is 4.74 Å². The molecule has 0 amide bonds. The normalized spacial score (nSPS) is 11.0. The molecule has 0 spiro atoms. The number of carbonyl (C=O) groups is 1. The smallest absolute Gasteiger partial charge is 0.350 e. The van der Waals surface area contributed by atoms with Crippen LogP contribution in [0, 0.1) is 6.92 Å². The van der Waals surface area contributed by atoms with E-state index in [-0.39, 0.29) is 11.9 Å². The van der Waals surface area contributed by atoms with Gasteiger partial charge >= 0.3 is 5.97 Å².